The standard InChI is InChI=1S/C16H16FN3O2S/c1-12-8-16(19-15-5-3-2-4-14(12)15)23(21,22)11-13-9-18-20(10-13)7-6-17/h2-5,8-10H,6-7,11H2,1H3. The number of aromatic nitrogens is 3. The van der Waals surface area contributed by atoms with E-state index in [0.29, 0.717) is 11.1 Å². The lowest BCUT2D eigenvalue weighted by molar-refractivity contribution is 0.427. The highest BCUT2D eigenvalue weighted by Gasteiger charge is 2.19. The average molecular weight is 333 g/mol. The number of alkyl halides is 1. The first-order valence-electron chi connectivity index (χ1n) is 7.16. The number of benzene rings is 1. The molecule has 0 N–H and O–H groups in total. The van der Waals surface area contributed by atoms with Crippen molar-refractivity contribution >= 4 is 20.7 Å². The number of pyridine rings is 1. The predicted octanol–water partition coefficient (Wildman–Crippen LogP) is 2.68. The van der Waals surface area contributed by atoms with Gasteiger partial charge < -0.3 is 0 Å². The Balaban J connectivity index is 1.95. The lowest BCUT2D eigenvalue weighted by Gasteiger charge is -2.07. The van der Waals surface area contributed by atoms with Gasteiger partial charge in [0.2, 0.25) is 0 Å². The average Bonchev–Trinajstić information content (AvgIpc) is 2.94. The summed E-state index contributed by atoms with van der Waals surface area (Å²) in [7, 11) is -3.59. The van der Waals surface area contributed by atoms with Crippen LogP contribution in [0.5, 0.6) is 0 Å². The first-order chi connectivity index (χ1) is 11.0. The third-order valence-corrected chi connectivity index (χ3v) is 5.13. The van der Waals surface area contributed by atoms with Gasteiger partial charge in [0.25, 0.3) is 0 Å². The van der Waals surface area contributed by atoms with Crippen molar-refractivity contribution < 1.29 is 12.8 Å². The molecule has 0 spiro atoms. The first kappa shape index (κ1) is 15.6. The van der Waals surface area contributed by atoms with E-state index in [-0.39, 0.29) is 17.3 Å². The van der Waals surface area contributed by atoms with Crippen LogP contribution in [0.25, 0.3) is 10.9 Å². The minimum Gasteiger partial charge on any atom is -0.270 e. The van der Waals surface area contributed by atoms with Gasteiger partial charge >= 0.3 is 0 Å². The number of halogens is 1. The molecule has 0 aliphatic heterocycles. The van der Waals surface area contributed by atoms with E-state index in [0.717, 1.165) is 10.9 Å². The summed E-state index contributed by atoms with van der Waals surface area (Å²) >= 11 is 0. The molecule has 0 fully saturated rings. The van der Waals surface area contributed by atoms with E-state index in [1.54, 1.807) is 18.3 Å². The van der Waals surface area contributed by atoms with E-state index in [2.05, 4.69) is 10.1 Å². The molecule has 3 aromatic rings. The van der Waals surface area contributed by atoms with Crippen LogP contribution in [0.4, 0.5) is 4.39 Å². The number of hydrogen-bond donors (Lipinski definition) is 0. The number of sulfone groups is 1. The van der Waals surface area contributed by atoms with Gasteiger partial charge in [-0.2, -0.15) is 5.10 Å². The van der Waals surface area contributed by atoms with Crippen molar-refractivity contribution in [1.29, 1.82) is 0 Å². The molecule has 7 heteroatoms. The van der Waals surface area contributed by atoms with Gasteiger partial charge in [-0.15, -0.1) is 0 Å². The second-order valence-electron chi connectivity index (χ2n) is 5.35. The number of para-hydroxylation sites is 1. The van der Waals surface area contributed by atoms with Crippen molar-refractivity contribution in [3.63, 3.8) is 0 Å². The van der Waals surface area contributed by atoms with Crippen LogP contribution in [0.3, 0.4) is 0 Å². The second-order valence-corrected chi connectivity index (χ2v) is 7.29. The molecule has 0 unspecified atom stereocenters. The molecule has 0 radical (unpaired) electrons. The van der Waals surface area contributed by atoms with Gasteiger partial charge in [-0.3, -0.25) is 4.68 Å². The number of aryl methyl sites for hydroxylation is 2. The van der Waals surface area contributed by atoms with Crippen LogP contribution in [0.15, 0.2) is 47.8 Å². The van der Waals surface area contributed by atoms with E-state index in [1.165, 1.54) is 10.9 Å². The van der Waals surface area contributed by atoms with E-state index in [1.807, 2.05) is 25.1 Å². The largest absolute Gasteiger partial charge is 0.270 e. The number of fused-ring (bicyclic) bond motifs is 1. The highest BCUT2D eigenvalue weighted by molar-refractivity contribution is 7.90. The van der Waals surface area contributed by atoms with E-state index < -0.39 is 16.5 Å². The summed E-state index contributed by atoms with van der Waals surface area (Å²) in [6.07, 6.45) is 2.99. The minimum absolute atomic E-state index is 0.0481. The summed E-state index contributed by atoms with van der Waals surface area (Å²) in [4.78, 5) is 4.27. The van der Waals surface area contributed by atoms with Crippen molar-refractivity contribution in [2.75, 3.05) is 6.67 Å². The summed E-state index contributed by atoms with van der Waals surface area (Å²) in [5.74, 6) is -0.204. The van der Waals surface area contributed by atoms with Gasteiger partial charge in [0.15, 0.2) is 14.9 Å². The SMILES string of the molecule is Cc1cc(S(=O)(=O)Cc2cnn(CCF)c2)nc2ccccc12. The van der Waals surface area contributed by atoms with Crippen LogP contribution in [0.2, 0.25) is 0 Å². The molecule has 0 amide bonds. The molecule has 0 aliphatic rings. The lowest BCUT2D eigenvalue weighted by Crippen LogP contribution is -2.07. The van der Waals surface area contributed by atoms with Crippen LogP contribution in [-0.2, 0) is 22.1 Å². The number of rotatable bonds is 5. The highest BCUT2D eigenvalue weighted by atomic mass is 32.2. The van der Waals surface area contributed by atoms with Crippen LogP contribution >= 0.6 is 0 Å². The van der Waals surface area contributed by atoms with Crippen LogP contribution < -0.4 is 0 Å². The zero-order valence-electron chi connectivity index (χ0n) is 12.6. The second kappa shape index (κ2) is 6.08. The van der Waals surface area contributed by atoms with Crippen LogP contribution in [0, 0.1) is 6.92 Å². The Bertz CT molecular complexity index is 951. The molecule has 0 aliphatic carbocycles. The van der Waals surface area contributed by atoms with Crippen molar-refractivity contribution in [2.24, 2.45) is 0 Å². The predicted molar refractivity (Wildman–Crippen MR) is 85.6 cm³/mol. The third kappa shape index (κ3) is 3.24. The zero-order valence-corrected chi connectivity index (χ0v) is 13.4. The van der Waals surface area contributed by atoms with E-state index in [4.69, 9.17) is 0 Å². The van der Waals surface area contributed by atoms with Crippen molar-refractivity contribution in [1.82, 2.24) is 14.8 Å². The lowest BCUT2D eigenvalue weighted by atomic mass is 10.1. The number of nitrogens with zero attached hydrogens (tertiary/aromatic N) is 3. The van der Waals surface area contributed by atoms with Crippen LogP contribution in [-0.4, -0.2) is 29.9 Å². The molecule has 3 rings (SSSR count). The maximum absolute atomic E-state index is 12.6. The van der Waals surface area contributed by atoms with Gasteiger partial charge in [0, 0.05) is 17.1 Å². The first-order valence-corrected chi connectivity index (χ1v) is 8.81. The van der Waals surface area contributed by atoms with Crippen molar-refractivity contribution in [3.05, 3.63) is 53.9 Å². The quantitative estimate of drug-likeness (QED) is 0.720. The van der Waals surface area contributed by atoms with Gasteiger partial charge in [0.1, 0.15) is 6.67 Å². The fourth-order valence-electron chi connectivity index (χ4n) is 2.46. The summed E-state index contributed by atoms with van der Waals surface area (Å²) in [6.45, 7) is 1.44. The molecule has 120 valence electrons. The molecule has 23 heavy (non-hydrogen) atoms. The molecule has 2 heterocycles. The van der Waals surface area contributed by atoms with E-state index >= 15 is 0 Å². The normalized spacial score (nSPS) is 11.9. The van der Waals surface area contributed by atoms with Crippen molar-refractivity contribution in [3.8, 4) is 0 Å². The topological polar surface area (TPSA) is 64.8 Å². The molecule has 5 nitrogen and oxygen atoms in total. The molecule has 0 bridgehead atoms. The Morgan fingerprint density at radius 3 is 2.83 bits per heavy atom. The highest BCUT2D eigenvalue weighted by Crippen LogP contribution is 2.22. The molecule has 0 saturated heterocycles. The fraction of sp³-hybridized carbons (Fsp3) is 0.250. The van der Waals surface area contributed by atoms with Gasteiger partial charge in [-0.25, -0.2) is 17.8 Å². The maximum Gasteiger partial charge on any atom is 0.199 e. The summed E-state index contributed by atoms with van der Waals surface area (Å²) in [5.41, 5.74) is 2.03. The Hall–Kier alpha value is -2.28. The monoisotopic (exact) mass is 333 g/mol. The fourth-order valence-corrected chi connectivity index (χ4v) is 3.79. The minimum atomic E-state index is -3.59. The molecule has 0 atom stereocenters. The molecular formula is C16H16FN3O2S. The van der Waals surface area contributed by atoms with Gasteiger partial charge in [0.05, 0.1) is 24.0 Å². The van der Waals surface area contributed by atoms with Gasteiger partial charge in [-0.1, -0.05) is 18.2 Å². The molecule has 1 aromatic carbocycles. The third-order valence-electron chi connectivity index (χ3n) is 3.58. The molecule has 0 saturated carbocycles. The Morgan fingerprint density at radius 1 is 1.26 bits per heavy atom. The zero-order chi connectivity index (χ0) is 16.4. The summed E-state index contributed by atoms with van der Waals surface area (Å²) in [6, 6.07) is 9.01. The number of hydrogen-bond acceptors (Lipinski definition) is 4. The Morgan fingerprint density at radius 2 is 2.04 bits per heavy atom. The Labute approximate surface area is 133 Å². The maximum atomic E-state index is 12.6. The summed E-state index contributed by atoms with van der Waals surface area (Å²) < 4.78 is 38.9. The van der Waals surface area contributed by atoms with E-state index in [9.17, 15) is 12.8 Å². The molecular weight excluding hydrogens is 317 g/mol. The van der Waals surface area contributed by atoms with Crippen molar-refractivity contribution in [2.45, 2.75) is 24.2 Å². The van der Waals surface area contributed by atoms with Gasteiger partial charge in [-0.05, 0) is 24.6 Å². The Kier molecular flexibility index (Phi) is 4.12. The summed E-state index contributed by atoms with van der Waals surface area (Å²) in [5, 5.41) is 4.92. The smallest absolute Gasteiger partial charge is 0.199 e. The molecule has 2 aromatic heterocycles. The van der Waals surface area contributed by atoms with Crippen LogP contribution in [0.1, 0.15) is 11.1 Å².